The van der Waals surface area contributed by atoms with Crippen molar-refractivity contribution in [2.24, 2.45) is 0 Å². The number of aliphatic hydroxyl groups excluding tert-OH is 1. The van der Waals surface area contributed by atoms with Gasteiger partial charge in [0.05, 0.1) is 19.8 Å². The van der Waals surface area contributed by atoms with Crippen LogP contribution in [-0.4, -0.2) is 34.6 Å². The maximum Gasteiger partial charge on any atom is 0.259 e. The van der Waals surface area contributed by atoms with E-state index in [-0.39, 0.29) is 31.3 Å². The summed E-state index contributed by atoms with van der Waals surface area (Å²) in [4.78, 5) is 15.3. The fourth-order valence-electron chi connectivity index (χ4n) is 1.76. The minimum atomic E-state index is -0.474. The van der Waals surface area contributed by atoms with Crippen molar-refractivity contribution in [1.82, 2.24) is 4.57 Å². The summed E-state index contributed by atoms with van der Waals surface area (Å²) in [6.45, 7) is 11.2. The SMILES string of the molecule is [C-]#[N+]c1c(C)c(C)c(O)n(CCCOCCO)c1=O. The molecule has 1 aromatic heterocycles. The molecule has 1 rings (SSSR count). The second kappa shape index (κ2) is 6.92. The lowest BCUT2D eigenvalue weighted by molar-refractivity contribution is 0.0883. The third-order valence-corrected chi connectivity index (χ3v) is 2.97. The summed E-state index contributed by atoms with van der Waals surface area (Å²) in [6.07, 6.45) is 0.521. The molecule has 0 amide bonds. The number of nitrogens with zero attached hydrogens (tertiary/aromatic N) is 2. The third kappa shape index (κ3) is 3.34. The van der Waals surface area contributed by atoms with Crippen molar-refractivity contribution in [3.63, 3.8) is 0 Å². The van der Waals surface area contributed by atoms with Crippen LogP contribution in [0.1, 0.15) is 17.5 Å². The Morgan fingerprint density at radius 1 is 1.32 bits per heavy atom. The number of rotatable bonds is 6. The Morgan fingerprint density at radius 2 is 2.00 bits per heavy atom. The van der Waals surface area contributed by atoms with Crippen molar-refractivity contribution >= 4 is 5.69 Å². The molecular formula is C13H18N2O4. The molecule has 0 aliphatic rings. The first-order chi connectivity index (χ1) is 9.04. The first-order valence-electron chi connectivity index (χ1n) is 6.03. The van der Waals surface area contributed by atoms with Crippen LogP contribution in [0, 0.1) is 20.4 Å². The highest BCUT2D eigenvalue weighted by molar-refractivity contribution is 5.55. The minimum Gasteiger partial charge on any atom is -0.494 e. The monoisotopic (exact) mass is 266 g/mol. The Labute approximate surface area is 111 Å². The van der Waals surface area contributed by atoms with Gasteiger partial charge in [-0.15, -0.1) is 0 Å². The standard InChI is InChI=1S/C13H18N2O4/c1-9-10(2)12(17)15(13(18)11(9)14-3)5-4-7-19-8-6-16/h16-17H,4-8H2,1-2H3. The fraction of sp³-hybridized carbons (Fsp3) is 0.538. The smallest absolute Gasteiger partial charge is 0.259 e. The van der Waals surface area contributed by atoms with Gasteiger partial charge >= 0.3 is 0 Å². The Bertz CT molecular complexity index is 543. The molecule has 0 aliphatic heterocycles. The van der Waals surface area contributed by atoms with E-state index in [0.717, 1.165) is 0 Å². The maximum absolute atomic E-state index is 12.0. The van der Waals surface area contributed by atoms with Crippen LogP contribution < -0.4 is 5.56 Å². The van der Waals surface area contributed by atoms with E-state index in [4.69, 9.17) is 16.4 Å². The van der Waals surface area contributed by atoms with Crippen LogP contribution in [0.3, 0.4) is 0 Å². The molecule has 0 spiro atoms. The van der Waals surface area contributed by atoms with Gasteiger partial charge in [-0.25, -0.2) is 4.85 Å². The number of aromatic hydroxyl groups is 1. The van der Waals surface area contributed by atoms with Gasteiger partial charge in [-0.2, -0.15) is 0 Å². The van der Waals surface area contributed by atoms with Crippen LogP contribution >= 0.6 is 0 Å². The highest BCUT2D eigenvalue weighted by atomic mass is 16.5. The molecule has 0 aliphatic carbocycles. The molecule has 104 valence electrons. The summed E-state index contributed by atoms with van der Waals surface area (Å²) in [6, 6.07) is 0. The normalized spacial score (nSPS) is 10.4. The molecule has 6 nitrogen and oxygen atoms in total. The number of pyridine rings is 1. The summed E-state index contributed by atoms with van der Waals surface area (Å²) in [7, 11) is 0. The Morgan fingerprint density at radius 3 is 2.58 bits per heavy atom. The number of aromatic nitrogens is 1. The van der Waals surface area contributed by atoms with Crippen molar-refractivity contribution in [3.05, 3.63) is 32.9 Å². The van der Waals surface area contributed by atoms with E-state index < -0.39 is 5.56 Å². The van der Waals surface area contributed by atoms with Crippen molar-refractivity contribution in [3.8, 4) is 5.88 Å². The maximum atomic E-state index is 12.0. The molecule has 0 saturated heterocycles. The van der Waals surface area contributed by atoms with Crippen molar-refractivity contribution in [2.45, 2.75) is 26.8 Å². The van der Waals surface area contributed by atoms with Crippen LogP contribution in [0.25, 0.3) is 4.85 Å². The molecule has 1 aromatic rings. The highest BCUT2D eigenvalue weighted by Gasteiger charge is 2.15. The van der Waals surface area contributed by atoms with E-state index in [1.54, 1.807) is 13.8 Å². The fourth-order valence-corrected chi connectivity index (χ4v) is 1.76. The van der Waals surface area contributed by atoms with Crippen LogP contribution in [-0.2, 0) is 11.3 Å². The van der Waals surface area contributed by atoms with Crippen LogP contribution in [0.4, 0.5) is 5.69 Å². The molecule has 2 N–H and O–H groups in total. The molecule has 0 fully saturated rings. The molecule has 0 aromatic carbocycles. The predicted molar refractivity (Wildman–Crippen MR) is 70.6 cm³/mol. The van der Waals surface area contributed by atoms with Gasteiger partial charge in [-0.1, -0.05) is 0 Å². The summed E-state index contributed by atoms with van der Waals surface area (Å²) in [5.41, 5.74) is 0.636. The van der Waals surface area contributed by atoms with Gasteiger partial charge in [0.2, 0.25) is 0 Å². The van der Waals surface area contributed by atoms with Gasteiger partial charge in [-0.05, 0) is 25.8 Å². The molecule has 0 saturated carbocycles. The van der Waals surface area contributed by atoms with E-state index in [9.17, 15) is 9.90 Å². The van der Waals surface area contributed by atoms with Crippen molar-refractivity contribution in [2.75, 3.05) is 19.8 Å². The first kappa shape index (κ1) is 15.2. The van der Waals surface area contributed by atoms with E-state index >= 15 is 0 Å². The van der Waals surface area contributed by atoms with Crippen LogP contribution in [0.5, 0.6) is 5.88 Å². The lowest BCUT2D eigenvalue weighted by Crippen LogP contribution is -2.22. The molecule has 0 bridgehead atoms. The van der Waals surface area contributed by atoms with Gasteiger partial charge in [0, 0.05) is 18.7 Å². The second-order valence-corrected chi connectivity index (χ2v) is 4.18. The number of ether oxygens (including phenoxy) is 1. The molecule has 6 heteroatoms. The van der Waals surface area contributed by atoms with E-state index in [0.29, 0.717) is 24.2 Å². The quantitative estimate of drug-likeness (QED) is 0.597. The van der Waals surface area contributed by atoms with Gasteiger partial charge in [-0.3, -0.25) is 9.36 Å². The zero-order valence-corrected chi connectivity index (χ0v) is 11.1. The molecule has 1 heterocycles. The lowest BCUT2D eigenvalue weighted by atomic mass is 10.1. The molecule has 0 radical (unpaired) electrons. The molecule has 0 atom stereocenters. The zero-order chi connectivity index (χ0) is 14.4. The summed E-state index contributed by atoms with van der Waals surface area (Å²) < 4.78 is 6.28. The molecule has 19 heavy (non-hydrogen) atoms. The van der Waals surface area contributed by atoms with Crippen molar-refractivity contribution in [1.29, 1.82) is 0 Å². The predicted octanol–water partition coefficient (Wildman–Crippen LogP) is 1.12. The topological polar surface area (TPSA) is 76.1 Å². The van der Waals surface area contributed by atoms with Crippen molar-refractivity contribution < 1.29 is 14.9 Å². The Kier molecular flexibility index (Phi) is 5.55. The number of aliphatic hydroxyl groups is 1. The number of hydrogen-bond acceptors (Lipinski definition) is 4. The highest BCUT2D eigenvalue weighted by Crippen LogP contribution is 2.24. The largest absolute Gasteiger partial charge is 0.494 e. The van der Waals surface area contributed by atoms with Gasteiger partial charge in [0.25, 0.3) is 11.2 Å². The summed E-state index contributed by atoms with van der Waals surface area (Å²) >= 11 is 0. The van der Waals surface area contributed by atoms with Gasteiger partial charge in [0.15, 0.2) is 5.88 Å². The zero-order valence-electron chi connectivity index (χ0n) is 11.1. The van der Waals surface area contributed by atoms with E-state index in [1.807, 2.05) is 0 Å². The average molecular weight is 266 g/mol. The first-order valence-corrected chi connectivity index (χ1v) is 6.03. The minimum absolute atomic E-state index is 0.0449. The molecular weight excluding hydrogens is 248 g/mol. The summed E-state index contributed by atoms with van der Waals surface area (Å²) in [5, 5.41) is 18.5. The Hall–Kier alpha value is -1.84. The van der Waals surface area contributed by atoms with Crippen LogP contribution in [0.2, 0.25) is 0 Å². The molecule has 0 unspecified atom stereocenters. The lowest BCUT2D eigenvalue weighted by Gasteiger charge is -2.13. The van der Waals surface area contributed by atoms with Gasteiger partial charge < -0.3 is 14.9 Å². The van der Waals surface area contributed by atoms with Gasteiger partial charge in [0.1, 0.15) is 0 Å². The number of hydrogen-bond donors (Lipinski definition) is 2. The van der Waals surface area contributed by atoms with Crippen LogP contribution in [0.15, 0.2) is 4.79 Å². The van der Waals surface area contributed by atoms with E-state index in [2.05, 4.69) is 4.85 Å². The second-order valence-electron chi connectivity index (χ2n) is 4.18. The Balaban J connectivity index is 2.93. The average Bonchev–Trinajstić information content (AvgIpc) is 2.40. The summed E-state index contributed by atoms with van der Waals surface area (Å²) in [5.74, 6) is -0.0999. The van der Waals surface area contributed by atoms with E-state index in [1.165, 1.54) is 4.57 Å². The third-order valence-electron chi connectivity index (χ3n) is 2.97.